The number of hydrogen-bond donors (Lipinski definition) is 4. The van der Waals surface area contributed by atoms with Gasteiger partial charge in [0.05, 0.1) is 22.5 Å². The number of aromatic nitrogens is 4. The lowest BCUT2D eigenvalue weighted by atomic mass is 10.2. The molecule has 4 N–H and O–H groups in total. The molecule has 0 radical (unpaired) electrons. The summed E-state index contributed by atoms with van der Waals surface area (Å²) in [6.45, 7) is 2.14. The van der Waals surface area contributed by atoms with Crippen molar-refractivity contribution in [2.45, 2.75) is 31.6 Å². The van der Waals surface area contributed by atoms with E-state index in [9.17, 15) is 8.42 Å². The third-order valence-corrected chi connectivity index (χ3v) is 7.40. The fourth-order valence-corrected chi connectivity index (χ4v) is 4.93. The van der Waals surface area contributed by atoms with Gasteiger partial charge in [-0.1, -0.05) is 23.7 Å². The monoisotopic (exact) mass is 483 g/mol. The maximum atomic E-state index is 12.1. The number of sulfonamides is 1. The fourth-order valence-electron chi connectivity index (χ4n) is 3.43. The first kappa shape index (κ1) is 21.6. The normalized spacial score (nSPS) is 13.9. The molecule has 1 fully saturated rings. The quantitative estimate of drug-likeness (QED) is 0.293. The Hall–Kier alpha value is -3.21. The highest BCUT2D eigenvalue weighted by molar-refractivity contribution is 7.90. The van der Waals surface area contributed by atoms with Crippen molar-refractivity contribution >= 4 is 55.8 Å². The van der Waals surface area contributed by atoms with E-state index < -0.39 is 10.0 Å². The molecule has 1 aliphatic rings. The molecule has 0 spiro atoms. The van der Waals surface area contributed by atoms with Gasteiger partial charge in [-0.3, -0.25) is 0 Å². The SMILES string of the molecule is Cc1nc2cc(Nc3ncc(Cl)c(Nc4cccc(CNS(=O)(=O)C5CC5)c4)n3)ccc2[nH]1. The van der Waals surface area contributed by atoms with Crippen LogP contribution < -0.4 is 15.4 Å². The molecule has 0 atom stereocenters. The zero-order chi connectivity index (χ0) is 23.0. The lowest BCUT2D eigenvalue weighted by Gasteiger charge is -2.12. The second-order valence-electron chi connectivity index (χ2n) is 7.96. The number of rotatable bonds is 8. The molecule has 170 valence electrons. The topological polar surface area (TPSA) is 125 Å². The van der Waals surface area contributed by atoms with E-state index in [4.69, 9.17) is 11.6 Å². The number of imidazole rings is 1. The van der Waals surface area contributed by atoms with E-state index in [0.717, 1.165) is 46.6 Å². The van der Waals surface area contributed by atoms with Crippen molar-refractivity contribution in [3.63, 3.8) is 0 Å². The number of anilines is 4. The van der Waals surface area contributed by atoms with Crippen LogP contribution in [0.3, 0.4) is 0 Å². The van der Waals surface area contributed by atoms with Crippen molar-refractivity contribution in [1.29, 1.82) is 0 Å². The molecule has 1 saturated carbocycles. The molecule has 0 unspecified atom stereocenters. The van der Waals surface area contributed by atoms with Gasteiger partial charge in [-0.25, -0.2) is 23.1 Å². The number of hydrogen-bond acceptors (Lipinski definition) is 7. The van der Waals surface area contributed by atoms with Gasteiger partial charge in [-0.15, -0.1) is 0 Å². The Morgan fingerprint density at radius 1 is 1.09 bits per heavy atom. The molecule has 11 heteroatoms. The van der Waals surface area contributed by atoms with E-state index in [0.29, 0.717) is 16.8 Å². The second-order valence-corrected chi connectivity index (χ2v) is 10.4. The van der Waals surface area contributed by atoms with E-state index in [1.165, 1.54) is 6.20 Å². The van der Waals surface area contributed by atoms with Gasteiger partial charge in [0, 0.05) is 17.9 Å². The summed E-state index contributed by atoms with van der Waals surface area (Å²) in [5.41, 5.74) is 4.16. The minimum absolute atomic E-state index is 0.230. The number of aryl methyl sites for hydroxylation is 1. The van der Waals surface area contributed by atoms with Crippen LogP contribution in [-0.4, -0.2) is 33.6 Å². The van der Waals surface area contributed by atoms with Crippen LogP contribution in [0.15, 0.2) is 48.7 Å². The Morgan fingerprint density at radius 3 is 2.73 bits per heavy atom. The molecule has 0 amide bonds. The van der Waals surface area contributed by atoms with Crippen LogP contribution in [0.4, 0.5) is 23.1 Å². The minimum Gasteiger partial charge on any atom is -0.342 e. The summed E-state index contributed by atoms with van der Waals surface area (Å²) in [4.78, 5) is 16.4. The van der Waals surface area contributed by atoms with E-state index >= 15 is 0 Å². The summed E-state index contributed by atoms with van der Waals surface area (Å²) in [7, 11) is -3.24. The molecule has 2 aromatic carbocycles. The van der Waals surface area contributed by atoms with E-state index in [2.05, 4.69) is 35.3 Å². The molecule has 1 aliphatic carbocycles. The van der Waals surface area contributed by atoms with Gasteiger partial charge in [0.25, 0.3) is 0 Å². The number of halogens is 1. The summed E-state index contributed by atoms with van der Waals surface area (Å²) >= 11 is 6.31. The van der Waals surface area contributed by atoms with Gasteiger partial charge in [0.2, 0.25) is 16.0 Å². The highest BCUT2D eigenvalue weighted by Gasteiger charge is 2.35. The molecule has 33 heavy (non-hydrogen) atoms. The molecular weight excluding hydrogens is 462 g/mol. The number of aromatic amines is 1. The molecule has 0 bridgehead atoms. The Labute approximate surface area is 196 Å². The smallest absolute Gasteiger partial charge is 0.229 e. The van der Waals surface area contributed by atoms with E-state index in [-0.39, 0.29) is 11.8 Å². The number of benzene rings is 2. The number of fused-ring (bicyclic) bond motifs is 1. The average Bonchev–Trinajstić information content (AvgIpc) is 3.58. The van der Waals surface area contributed by atoms with Crippen molar-refractivity contribution < 1.29 is 8.42 Å². The average molecular weight is 484 g/mol. The van der Waals surface area contributed by atoms with Crippen molar-refractivity contribution in [3.8, 4) is 0 Å². The van der Waals surface area contributed by atoms with E-state index in [1.807, 2.05) is 49.4 Å². The first-order valence-electron chi connectivity index (χ1n) is 10.5. The van der Waals surface area contributed by atoms with Gasteiger partial charge >= 0.3 is 0 Å². The van der Waals surface area contributed by atoms with Crippen LogP contribution in [0.1, 0.15) is 24.2 Å². The molecule has 0 aliphatic heterocycles. The first-order chi connectivity index (χ1) is 15.9. The number of nitrogens with zero attached hydrogens (tertiary/aromatic N) is 3. The first-order valence-corrected chi connectivity index (χ1v) is 12.4. The van der Waals surface area contributed by atoms with Gasteiger partial charge < -0.3 is 15.6 Å². The number of nitrogens with one attached hydrogen (secondary N) is 4. The summed E-state index contributed by atoms with van der Waals surface area (Å²) in [5.74, 6) is 1.65. The zero-order valence-electron chi connectivity index (χ0n) is 17.8. The van der Waals surface area contributed by atoms with Gasteiger partial charge in [-0.2, -0.15) is 4.98 Å². The predicted octanol–water partition coefficient (Wildman–Crippen LogP) is 4.38. The van der Waals surface area contributed by atoms with Crippen LogP contribution in [0.5, 0.6) is 0 Å². The largest absolute Gasteiger partial charge is 0.342 e. The maximum Gasteiger partial charge on any atom is 0.229 e. The molecule has 4 aromatic rings. The van der Waals surface area contributed by atoms with Gasteiger partial charge in [0.1, 0.15) is 10.8 Å². The van der Waals surface area contributed by atoms with Crippen LogP contribution in [0, 0.1) is 6.92 Å². The van der Waals surface area contributed by atoms with Crippen LogP contribution >= 0.6 is 11.6 Å². The van der Waals surface area contributed by atoms with Crippen LogP contribution in [0.25, 0.3) is 11.0 Å². The Balaban J connectivity index is 1.30. The van der Waals surface area contributed by atoms with Crippen molar-refractivity contribution in [2.75, 3.05) is 10.6 Å². The second kappa shape index (κ2) is 8.62. The number of H-pyrrole nitrogens is 1. The summed E-state index contributed by atoms with van der Waals surface area (Å²) in [6.07, 6.45) is 2.98. The Morgan fingerprint density at radius 2 is 1.91 bits per heavy atom. The highest BCUT2D eigenvalue weighted by atomic mass is 35.5. The summed E-state index contributed by atoms with van der Waals surface area (Å²) < 4.78 is 26.8. The fraction of sp³-hybridized carbons (Fsp3) is 0.227. The van der Waals surface area contributed by atoms with Crippen molar-refractivity contribution in [2.24, 2.45) is 0 Å². The predicted molar refractivity (Wildman–Crippen MR) is 130 cm³/mol. The minimum atomic E-state index is -3.24. The molecule has 2 aromatic heterocycles. The standard InChI is InChI=1S/C22H22ClN7O2S/c1-13-26-19-8-5-16(10-20(19)27-13)29-22-24-12-18(23)21(30-22)28-15-4-2-3-14(9-15)11-25-33(31,32)17-6-7-17/h2-5,8-10,12,17,25H,6-7,11H2,1H3,(H,26,27)(H2,24,28,29,30). The third-order valence-electron chi connectivity index (χ3n) is 5.23. The zero-order valence-corrected chi connectivity index (χ0v) is 19.3. The summed E-state index contributed by atoms with van der Waals surface area (Å²) in [6, 6.07) is 13.2. The van der Waals surface area contributed by atoms with Crippen LogP contribution in [0.2, 0.25) is 5.02 Å². The molecule has 9 nitrogen and oxygen atoms in total. The molecular formula is C22H22ClN7O2S. The maximum absolute atomic E-state index is 12.1. The summed E-state index contributed by atoms with van der Waals surface area (Å²) in [5, 5.41) is 6.47. The lowest BCUT2D eigenvalue weighted by Crippen LogP contribution is -2.26. The van der Waals surface area contributed by atoms with Gasteiger partial charge in [-0.05, 0) is 55.7 Å². The highest BCUT2D eigenvalue weighted by Crippen LogP contribution is 2.28. The van der Waals surface area contributed by atoms with E-state index in [1.54, 1.807) is 0 Å². The lowest BCUT2D eigenvalue weighted by molar-refractivity contribution is 0.580. The molecule has 5 rings (SSSR count). The Kier molecular flexibility index (Phi) is 5.65. The van der Waals surface area contributed by atoms with Crippen molar-refractivity contribution in [1.82, 2.24) is 24.7 Å². The molecule has 2 heterocycles. The third kappa shape index (κ3) is 5.08. The van der Waals surface area contributed by atoms with Crippen LogP contribution in [-0.2, 0) is 16.6 Å². The molecule has 0 saturated heterocycles. The van der Waals surface area contributed by atoms with Crippen molar-refractivity contribution in [3.05, 3.63) is 65.1 Å². The van der Waals surface area contributed by atoms with Gasteiger partial charge in [0.15, 0.2) is 5.82 Å². The Bertz CT molecular complexity index is 1430.